The molecule has 0 saturated heterocycles. The summed E-state index contributed by atoms with van der Waals surface area (Å²) in [4.78, 5) is 16.4. The van der Waals surface area contributed by atoms with Crippen LogP contribution in [-0.4, -0.2) is 35.8 Å². The molecular weight excluding hydrogens is 250 g/mol. The van der Waals surface area contributed by atoms with Gasteiger partial charge in [-0.05, 0) is 26.0 Å². The van der Waals surface area contributed by atoms with Crippen molar-refractivity contribution in [2.75, 3.05) is 19.9 Å². The third-order valence-corrected chi connectivity index (χ3v) is 2.35. The van der Waals surface area contributed by atoms with Gasteiger partial charge in [0.2, 0.25) is 5.28 Å². The van der Waals surface area contributed by atoms with Crippen molar-refractivity contribution in [1.82, 2.24) is 5.01 Å². The van der Waals surface area contributed by atoms with Crippen molar-refractivity contribution in [3.05, 3.63) is 41.1 Å². The molecule has 0 aromatic heterocycles. The first-order valence-corrected chi connectivity index (χ1v) is 5.96. The zero-order valence-corrected chi connectivity index (χ0v) is 11.0. The number of hydrogen-bond acceptors (Lipinski definition) is 5. The number of carbonyl (C=O) groups is 1. The molecule has 0 aliphatic carbocycles. The second-order valence-electron chi connectivity index (χ2n) is 3.52. The van der Waals surface area contributed by atoms with Gasteiger partial charge in [0.1, 0.15) is 0 Å². The minimum atomic E-state index is -0.531. The Hall–Kier alpha value is -2.31. The molecule has 0 amide bonds. The lowest BCUT2D eigenvalue weighted by Gasteiger charge is -2.13. The van der Waals surface area contributed by atoms with Gasteiger partial charge >= 0.3 is 5.97 Å². The first kappa shape index (κ1) is 14.7. The monoisotopic (exact) mass is 267 g/mol. The number of carbonyl (C=O) groups excluding carboxylic acids is 1. The molecule has 0 fully saturated rings. The number of rotatable bonds is 7. The van der Waals surface area contributed by atoms with Gasteiger partial charge in [0.05, 0.1) is 23.6 Å². The molecule has 1 aromatic rings. The second kappa shape index (κ2) is 7.91. The van der Waals surface area contributed by atoms with Crippen LogP contribution < -0.4 is 0 Å². The molecule has 0 heterocycles. The molecule has 0 spiro atoms. The maximum Gasteiger partial charge on any atom is 0.341 e. The van der Waals surface area contributed by atoms with Crippen molar-refractivity contribution < 1.29 is 19.3 Å². The molecule has 7 nitrogen and oxygen atoms in total. The lowest BCUT2D eigenvalue weighted by Crippen LogP contribution is -2.30. The Labute approximate surface area is 111 Å². The fraction of sp³-hybridized carbons (Fsp3) is 0.417. The smallest absolute Gasteiger partial charge is 0.341 e. The number of nitrogens with zero attached hydrogens (tertiary/aromatic N) is 3. The van der Waals surface area contributed by atoms with Crippen molar-refractivity contribution >= 4 is 5.97 Å². The summed E-state index contributed by atoms with van der Waals surface area (Å²) in [7, 11) is 0. The predicted molar refractivity (Wildman–Crippen MR) is 66.8 cm³/mol. The molecule has 19 heavy (non-hydrogen) atoms. The van der Waals surface area contributed by atoms with E-state index < -0.39 is 12.8 Å². The van der Waals surface area contributed by atoms with Crippen LogP contribution in [0.5, 0.6) is 0 Å². The Balaban J connectivity index is 2.35. The highest BCUT2D eigenvalue weighted by Gasteiger charge is 2.08. The van der Waals surface area contributed by atoms with Gasteiger partial charge in [0.15, 0.2) is 0 Å². The quantitative estimate of drug-likeness (QED) is 0.188. The van der Waals surface area contributed by atoms with Crippen LogP contribution in [0.2, 0.25) is 0 Å². The lowest BCUT2D eigenvalue weighted by atomic mass is 10.2. The summed E-state index contributed by atoms with van der Waals surface area (Å²) in [5.41, 5.74) is 0.411. The van der Waals surface area contributed by atoms with E-state index in [-0.39, 0.29) is 0 Å². The number of ether oxygens (including phenoxy) is 1. The molecule has 0 aliphatic rings. The normalized spacial score (nSPS) is 10.9. The summed E-state index contributed by atoms with van der Waals surface area (Å²) in [5, 5.41) is 16.0. The minimum absolute atomic E-state index is 0.330. The fourth-order valence-corrected chi connectivity index (χ4v) is 1.33. The van der Waals surface area contributed by atoms with Gasteiger partial charge in [-0.1, -0.05) is 18.2 Å². The molecule has 7 heteroatoms. The molecule has 0 atom stereocenters. The van der Waals surface area contributed by atoms with Crippen LogP contribution in [0.15, 0.2) is 35.6 Å². The molecular formula is C12H17N3O4. The van der Waals surface area contributed by atoms with Gasteiger partial charge in [-0.3, -0.25) is 0 Å². The zero-order chi connectivity index (χ0) is 14.1. The molecule has 0 bridgehead atoms. The van der Waals surface area contributed by atoms with Crippen molar-refractivity contribution in [3.8, 4) is 0 Å². The molecule has 1 aromatic carbocycles. The third-order valence-electron chi connectivity index (χ3n) is 2.35. The van der Waals surface area contributed by atoms with Gasteiger partial charge < -0.3 is 14.8 Å². The van der Waals surface area contributed by atoms with E-state index in [4.69, 9.17) is 4.74 Å². The van der Waals surface area contributed by atoms with Crippen molar-refractivity contribution in [1.29, 1.82) is 0 Å². The standard InChI is InChI=1S/C12H17N3O4/c1-3-14(4-2)15(17)13-19-10-18-12(16)11-8-6-5-7-9-11/h5-9H,3-4,10H2,1-2H3/b15-13-. The first-order chi connectivity index (χ1) is 9.19. The Morgan fingerprint density at radius 3 is 2.53 bits per heavy atom. The number of esters is 1. The average Bonchev–Trinajstić information content (AvgIpc) is 2.45. The number of benzene rings is 1. The van der Waals surface area contributed by atoms with E-state index in [1.54, 1.807) is 30.3 Å². The minimum Gasteiger partial charge on any atom is -0.569 e. The van der Waals surface area contributed by atoms with Crippen LogP contribution in [0.3, 0.4) is 0 Å². The average molecular weight is 267 g/mol. The van der Waals surface area contributed by atoms with E-state index in [0.29, 0.717) is 23.6 Å². The summed E-state index contributed by atoms with van der Waals surface area (Å²) in [5.74, 6) is -0.531. The first-order valence-electron chi connectivity index (χ1n) is 5.96. The molecule has 0 unspecified atom stereocenters. The number of hydrogen-bond donors (Lipinski definition) is 0. The summed E-state index contributed by atoms with van der Waals surface area (Å²) in [6.45, 7) is 4.25. The summed E-state index contributed by atoms with van der Waals surface area (Å²) < 4.78 is 4.79. The third kappa shape index (κ3) is 4.82. The Morgan fingerprint density at radius 1 is 1.32 bits per heavy atom. The maximum absolute atomic E-state index is 11.5. The van der Waals surface area contributed by atoms with Crippen molar-refractivity contribution in [2.24, 2.45) is 5.28 Å². The SMILES string of the molecule is CCN(CC)/[N+]([O-])=N/OCOC(=O)c1ccccc1. The van der Waals surface area contributed by atoms with Gasteiger partial charge in [-0.25, -0.2) is 4.79 Å². The van der Waals surface area contributed by atoms with E-state index in [2.05, 4.69) is 10.1 Å². The highest BCUT2D eigenvalue weighted by Crippen LogP contribution is 2.01. The van der Waals surface area contributed by atoms with E-state index >= 15 is 0 Å². The van der Waals surface area contributed by atoms with Gasteiger partial charge in [0.25, 0.3) is 6.79 Å². The highest BCUT2D eigenvalue weighted by atomic mass is 16.8. The van der Waals surface area contributed by atoms with Crippen LogP contribution in [0.25, 0.3) is 0 Å². The van der Waals surface area contributed by atoms with Crippen LogP contribution in [-0.2, 0) is 9.57 Å². The van der Waals surface area contributed by atoms with E-state index in [9.17, 15) is 10.0 Å². The molecule has 104 valence electrons. The van der Waals surface area contributed by atoms with Gasteiger partial charge in [0, 0.05) is 0 Å². The van der Waals surface area contributed by atoms with E-state index in [0.717, 1.165) is 0 Å². The molecule has 0 aliphatic heterocycles. The summed E-state index contributed by atoms with van der Waals surface area (Å²) in [6, 6.07) is 8.48. The fourth-order valence-electron chi connectivity index (χ4n) is 1.33. The largest absolute Gasteiger partial charge is 0.569 e. The molecule has 1 rings (SSSR count). The van der Waals surface area contributed by atoms with Crippen LogP contribution in [0.1, 0.15) is 24.2 Å². The van der Waals surface area contributed by atoms with Crippen molar-refractivity contribution in [2.45, 2.75) is 13.8 Å². The number of hydrazine groups is 1. The topological polar surface area (TPSA) is 77.2 Å². The lowest BCUT2D eigenvalue weighted by molar-refractivity contribution is -0.710. The van der Waals surface area contributed by atoms with Crippen LogP contribution >= 0.6 is 0 Å². The van der Waals surface area contributed by atoms with Gasteiger partial charge in [-0.2, -0.15) is 0 Å². The second-order valence-corrected chi connectivity index (χ2v) is 3.52. The van der Waals surface area contributed by atoms with Crippen molar-refractivity contribution in [3.63, 3.8) is 0 Å². The maximum atomic E-state index is 11.5. The van der Waals surface area contributed by atoms with Crippen LogP contribution in [0, 0.1) is 5.21 Å². The Bertz CT molecular complexity index is 418. The summed E-state index contributed by atoms with van der Waals surface area (Å²) in [6.07, 6.45) is 0. The van der Waals surface area contributed by atoms with Crippen LogP contribution in [0.4, 0.5) is 0 Å². The van der Waals surface area contributed by atoms with E-state index in [1.807, 2.05) is 13.8 Å². The summed E-state index contributed by atoms with van der Waals surface area (Å²) >= 11 is 0. The molecule has 0 N–H and O–H groups in total. The zero-order valence-electron chi connectivity index (χ0n) is 11.0. The predicted octanol–water partition coefficient (Wildman–Crippen LogP) is 1.95. The molecule has 0 saturated carbocycles. The highest BCUT2D eigenvalue weighted by molar-refractivity contribution is 5.89. The Kier molecular flexibility index (Phi) is 6.14. The van der Waals surface area contributed by atoms with E-state index in [1.165, 1.54) is 5.01 Å². The Morgan fingerprint density at radius 2 is 1.95 bits per heavy atom. The molecule has 0 radical (unpaired) electrons. The van der Waals surface area contributed by atoms with Gasteiger partial charge in [-0.15, -0.1) is 5.01 Å².